The maximum atomic E-state index is 5.78. The lowest BCUT2D eigenvalue weighted by Crippen LogP contribution is -1.94. The molecule has 0 aliphatic rings. The summed E-state index contributed by atoms with van der Waals surface area (Å²) in [4.78, 5) is 8.05. The Labute approximate surface area is 74.6 Å². The monoisotopic (exact) mass is 189 g/mol. The van der Waals surface area contributed by atoms with Gasteiger partial charge in [0.1, 0.15) is 0 Å². The van der Waals surface area contributed by atoms with E-state index in [4.69, 9.17) is 11.6 Å². The summed E-state index contributed by atoms with van der Waals surface area (Å²) in [6, 6.07) is 0. The molecule has 11 heavy (non-hydrogen) atoms. The number of halogens is 1. The van der Waals surface area contributed by atoms with Crippen LogP contribution in [0.15, 0.2) is 11.4 Å². The fourth-order valence-electron chi connectivity index (χ4n) is 0.612. The van der Waals surface area contributed by atoms with Gasteiger partial charge in [0.05, 0.1) is 11.9 Å². The minimum absolute atomic E-state index is 0.465. The summed E-state index contributed by atoms with van der Waals surface area (Å²) in [7, 11) is 1.78. The molecule has 0 bridgehead atoms. The molecule has 1 aromatic rings. The van der Waals surface area contributed by atoms with Crippen LogP contribution in [0.1, 0.15) is 0 Å². The lowest BCUT2D eigenvalue weighted by atomic mass is 10.5. The van der Waals surface area contributed by atoms with E-state index in [9.17, 15) is 0 Å². The van der Waals surface area contributed by atoms with Gasteiger partial charge in [-0.25, -0.2) is 9.97 Å². The van der Waals surface area contributed by atoms with E-state index in [1.807, 2.05) is 6.26 Å². The van der Waals surface area contributed by atoms with Crippen LogP contribution >= 0.6 is 23.4 Å². The maximum absolute atomic E-state index is 5.78. The van der Waals surface area contributed by atoms with E-state index in [0.717, 1.165) is 5.69 Å². The molecule has 60 valence electrons. The quantitative estimate of drug-likeness (QED) is 0.438. The van der Waals surface area contributed by atoms with Crippen molar-refractivity contribution in [1.82, 2.24) is 9.97 Å². The highest BCUT2D eigenvalue weighted by Crippen LogP contribution is 2.19. The smallest absolute Gasteiger partial charge is 0.188 e. The van der Waals surface area contributed by atoms with Crippen LogP contribution in [0.25, 0.3) is 0 Å². The Kier molecular flexibility index (Phi) is 2.96. The van der Waals surface area contributed by atoms with E-state index >= 15 is 0 Å². The van der Waals surface area contributed by atoms with Crippen molar-refractivity contribution in [1.29, 1.82) is 0 Å². The number of thioether (sulfide) groups is 1. The molecule has 1 rings (SSSR count). The second kappa shape index (κ2) is 3.78. The number of rotatable bonds is 2. The number of nitrogens with one attached hydrogen (secondary N) is 1. The van der Waals surface area contributed by atoms with Crippen LogP contribution < -0.4 is 5.32 Å². The standard InChI is InChI=1S/C6H8ClN3S/c1-8-4-3-9-6(11-2)10-5(4)7/h3,8H,1-2H3. The number of aromatic nitrogens is 2. The molecule has 0 amide bonds. The maximum Gasteiger partial charge on any atom is 0.188 e. The van der Waals surface area contributed by atoms with Gasteiger partial charge in [-0.2, -0.15) is 0 Å². The molecule has 1 N–H and O–H groups in total. The fraction of sp³-hybridized carbons (Fsp3) is 0.333. The van der Waals surface area contributed by atoms with E-state index in [0.29, 0.717) is 10.3 Å². The summed E-state index contributed by atoms with van der Waals surface area (Å²) in [5, 5.41) is 4.03. The summed E-state index contributed by atoms with van der Waals surface area (Å²) in [5.74, 6) is 0. The van der Waals surface area contributed by atoms with Gasteiger partial charge in [0.15, 0.2) is 10.3 Å². The van der Waals surface area contributed by atoms with Crippen molar-refractivity contribution in [3.05, 3.63) is 11.3 Å². The van der Waals surface area contributed by atoms with E-state index < -0.39 is 0 Å². The third-order valence-electron chi connectivity index (χ3n) is 1.17. The molecule has 0 spiro atoms. The molecule has 1 aromatic heterocycles. The lowest BCUT2D eigenvalue weighted by Gasteiger charge is -2.01. The molecule has 3 nitrogen and oxygen atoms in total. The second-order valence-corrected chi connectivity index (χ2v) is 2.94. The number of nitrogens with zero attached hydrogens (tertiary/aromatic N) is 2. The molecule has 5 heteroatoms. The minimum atomic E-state index is 0.465. The Hall–Kier alpha value is -0.480. The van der Waals surface area contributed by atoms with Gasteiger partial charge in [-0.05, 0) is 6.26 Å². The first-order valence-electron chi connectivity index (χ1n) is 3.02. The van der Waals surface area contributed by atoms with Crippen LogP contribution in [0.5, 0.6) is 0 Å². The summed E-state index contributed by atoms with van der Waals surface area (Å²) < 4.78 is 0. The lowest BCUT2D eigenvalue weighted by molar-refractivity contribution is 0.972. The Morgan fingerprint density at radius 2 is 2.36 bits per heavy atom. The fourth-order valence-corrected chi connectivity index (χ4v) is 1.23. The van der Waals surface area contributed by atoms with Crippen molar-refractivity contribution >= 4 is 29.1 Å². The molecule has 0 aliphatic carbocycles. The first kappa shape index (κ1) is 8.62. The summed E-state index contributed by atoms with van der Waals surface area (Å²) >= 11 is 7.25. The first-order valence-corrected chi connectivity index (χ1v) is 4.62. The van der Waals surface area contributed by atoms with Gasteiger partial charge in [-0.15, -0.1) is 0 Å². The van der Waals surface area contributed by atoms with Crippen LogP contribution in [0, 0.1) is 0 Å². The van der Waals surface area contributed by atoms with Crippen LogP contribution in [0.4, 0.5) is 5.69 Å². The van der Waals surface area contributed by atoms with Crippen LogP contribution in [-0.2, 0) is 0 Å². The molecule has 0 saturated carbocycles. The van der Waals surface area contributed by atoms with Gasteiger partial charge < -0.3 is 5.32 Å². The van der Waals surface area contributed by atoms with Crippen LogP contribution in [0.2, 0.25) is 5.15 Å². The predicted molar refractivity (Wildman–Crippen MR) is 48.4 cm³/mol. The molecule has 0 aromatic carbocycles. The van der Waals surface area contributed by atoms with E-state index in [-0.39, 0.29) is 0 Å². The highest BCUT2D eigenvalue weighted by Gasteiger charge is 2.00. The van der Waals surface area contributed by atoms with E-state index in [1.54, 1.807) is 13.2 Å². The molecule has 0 saturated heterocycles. The van der Waals surface area contributed by atoms with E-state index in [1.165, 1.54) is 11.8 Å². The number of hydrogen-bond donors (Lipinski definition) is 1. The van der Waals surface area contributed by atoms with Crippen molar-refractivity contribution in [3.63, 3.8) is 0 Å². The molecule has 1 heterocycles. The summed E-state index contributed by atoms with van der Waals surface area (Å²) in [5.41, 5.74) is 0.754. The van der Waals surface area contributed by atoms with Crippen molar-refractivity contribution in [2.75, 3.05) is 18.6 Å². The number of anilines is 1. The summed E-state index contributed by atoms with van der Waals surface area (Å²) in [6.45, 7) is 0. The molecular weight excluding hydrogens is 182 g/mol. The molecular formula is C6H8ClN3S. The Bertz CT molecular complexity index is 254. The summed E-state index contributed by atoms with van der Waals surface area (Å²) in [6.07, 6.45) is 3.58. The van der Waals surface area contributed by atoms with Gasteiger partial charge in [-0.1, -0.05) is 23.4 Å². The average molecular weight is 190 g/mol. The SMILES string of the molecule is CNc1cnc(SC)nc1Cl. The molecule has 0 aliphatic heterocycles. The second-order valence-electron chi connectivity index (χ2n) is 1.81. The predicted octanol–water partition coefficient (Wildman–Crippen LogP) is 1.89. The zero-order valence-electron chi connectivity index (χ0n) is 6.26. The van der Waals surface area contributed by atoms with Crippen molar-refractivity contribution < 1.29 is 0 Å². The van der Waals surface area contributed by atoms with Crippen molar-refractivity contribution in [3.8, 4) is 0 Å². The van der Waals surface area contributed by atoms with Gasteiger partial charge in [0.25, 0.3) is 0 Å². The Morgan fingerprint density at radius 1 is 1.64 bits per heavy atom. The first-order chi connectivity index (χ1) is 5.27. The molecule has 0 fully saturated rings. The van der Waals surface area contributed by atoms with Crippen LogP contribution in [-0.4, -0.2) is 23.3 Å². The normalized spacial score (nSPS) is 9.73. The highest BCUT2D eigenvalue weighted by molar-refractivity contribution is 7.98. The van der Waals surface area contributed by atoms with Gasteiger partial charge in [0.2, 0.25) is 0 Å². The molecule has 0 radical (unpaired) electrons. The third-order valence-corrected chi connectivity index (χ3v) is 2.02. The number of hydrogen-bond acceptors (Lipinski definition) is 4. The largest absolute Gasteiger partial charge is 0.384 e. The highest BCUT2D eigenvalue weighted by atomic mass is 35.5. The van der Waals surface area contributed by atoms with Gasteiger partial charge in [0, 0.05) is 7.05 Å². The zero-order valence-corrected chi connectivity index (χ0v) is 7.83. The topological polar surface area (TPSA) is 37.8 Å². The van der Waals surface area contributed by atoms with E-state index in [2.05, 4.69) is 15.3 Å². The van der Waals surface area contributed by atoms with Crippen LogP contribution in [0.3, 0.4) is 0 Å². The Morgan fingerprint density at radius 3 is 2.82 bits per heavy atom. The van der Waals surface area contributed by atoms with Gasteiger partial charge >= 0.3 is 0 Å². The minimum Gasteiger partial charge on any atom is -0.384 e. The van der Waals surface area contributed by atoms with Crippen molar-refractivity contribution in [2.24, 2.45) is 0 Å². The molecule has 0 unspecified atom stereocenters. The van der Waals surface area contributed by atoms with Crippen molar-refractivity contribution in [2.45, 2.75) is 5.16 Å². The molecule has 0 atom stereocenters. The third kappa shape index (κ3) is 1.97. The average Bonchev–Trinajstić information content (AvgIpc) is 2.04. The van der Waals surface area contributed by atoms with Gasteiger partial charge in [-0.3, -0.25) is 0 Å². The zero-order chi connectivity index (χ0) is 8.27. The Balaban J connectivity index is 2.99.